The Balaban J connectivity index is 1.58. The summed E-state index contributed by atoms with van der Waals surface area (Å²) >= 11 is 1.37. The van der Waals surface area contributed by atoms with Gasteiger partial charge in [0.1, 0.15) is 18.2 Å². The average molecular weight is 347 g/mol. The lowest BCUT2D eigenvalue weighted by molar-refractivity contribution is -0.118. The van der Waals surface area contributed by atoms with Crippen molar-refractivity contribution in [3.05, 3.63) is 30.1 Å². The summed E-state index contributed by atoms with van der Waals surface area (Å²) in [6.45, 7) is 0.566. The minimum absolute atomic E-state index is 0.0132. The second-order valence-corrected chi connectivity index (χ2v) is 8.51. The van der Waals surface area contributed by atoms with Gasteiger partial charge in [0.05, 0.1) is 23.8 Å². The van der Waals surface area contributed by atoms with Gasteiger partial charge in [-0.1, -0.05) is 6.07 Å². The maximum absolute atomic E-state index is 12.9. The second-order valence-electron chi connectivity index (χ2n) is 4.99. The predicted octanol–water partition coefficient (Wildman–Crippen LogP) is 1.24. The zero-order valence-corrected chi connectivity index (χ0v) is 13.6. The van der Waals surface area contributed by atoms with Gasteiger partial charge in [0.25, 0.3) is 0 Å². The lowest BCUT2D eigenvalue weighted by Gasteiger charge is -2.09. The first-order valence-corrected chi connectivity index (χ1v) is 9.79. The molecule has 1 saturated heterocycles. The molecular weight excluding hydrogens is 329 g/mol. The molecule has 22 heavy (non-hydrogen) atoms. The quantitative estimate of drug-likeness (QED) is 0.752. The molecule has 5 nitrogen and oxygen atoms in total. The predicted molar refractivity (Wildman–Crippen MR) is 84.4 cm³/mol. The summed E-state index contributed by atoms with van der Waals surface area (Å²) in [5.41, 5.74) is 0. The number of hydrogen-bond acceptors (Lipinski definition) is 5. The molecule has 122 valence electrons. The molecule has 1 aromatic rings. The van der Waals surface area contributed by atoms with Crippen LogP contribution in [0.15, 0.2) is 24.3 Å². The number of nitrogens with one attached hydrogen (secondary N) is 1. The van der Waals surface area contributed by atoms with Gasteiger partial charge < -0.3 is 10.1 Å². The summed E-state index contributed by atoms with van der Waals surface area (Å²) in [5.74, 6) is 0.503. The molecule has 0 spiro atoms. The van der Waals surface area contributed by atoms with Crippen molar-refractivity contribution in [1.29, 1.82) is 0 Å². The number of carbonyl (C=O) groups is 1. The molecule has 1 aliphatic heterocycles. The van der Waals surface area contributed by atoms with E-state index in [9.17, 15) is 17.6 Å². The first kappa shape index (κ1) is 17.1. The van der Waals surface area contributed by atoms with E-state index in [4.69, 9.17) is 4.74 Å². The molecule has 1 heterocycles. The fraction of sp³-hybridized carbons (Fsp3) is 0.500. The Bertz CT molecular complexity index is 621. The normalized spacial score (nSPS) is 19.8. The highest BCUT2D eigenvalue weighted by molar-refractivity contribution is 8.02. The zero-order valence-electron chi connectivity index (χ0n) is 12.0. The van der Waals surface area contributed by atoms with Crippen molar-refractivity contribution in [2.45, 2.75) is 11.7 Å². The third-order valence-electron chi connectivity index (χ3n) is 3.13. The molecule has 0 aliphatic carbocycles. The van der Waals surface area contributed by atoms with Crippen molar-refractivity contribution < 1.29 is 22.3 Å². The first-order valence-electron chi connectivity index (χ1n) is 6.92. The van der Waals surface area contributed by atoms with Gasteiger partial charge in [-0.15, -0.1) is 11.8 Å². The Labute approximate surface area is 133 Å². The van der Waals surface area contributed by atoms with Crippen LogP contribution in [0.3, 0.4) is 0 Å². The minimum Gasteiger partial charge on any atom is -0.492 e. The summed E-state index contributed by atoms with van der Waals surface area (Å²) < 4.78 is 40.8. The molecule has 8 heteroatoms. The number of thioether (sulfide) groups is 1. The topological polar surface area (TPSA) is 72.5 Å². The lowest BCUT2D eigenvalue weighted by atomic mass is 10.3. The summed E-state index contributed by atoms with van der Waals surface area (Å²) in [5, 5.41) is 2.70. The number of halogens is 1. The molecule has 0 aromatic heterocycles. The third-order valence-corrected chi connectivity index (χ3v) is 6.41. The molecule has 0 bridgehead atoms. The van der Waals surface area contributed by atoms with Crippen molar-refractivity contribution in [1.82, 2.24) is 5.32 Å². The van der Waals surface area contributed by atoms with Gasteiger partial charge in [-0.25, -0.2) is 12.8 Å². The summed E-state index contributed by atoms with van der Waals surface area (Å²) in [6.07, 6.45) is 0.614. The van der Waals surface area contributed by atoms with Crippen LogP contribution < -0.4 is 10.1 Å². The number of carbonyl (C=O) groups excluding carboxylic acids is 1. The highest BCUT2D eigenvalue weighted by Gasteiger charge is 2.28. The van der Waals surface area contributed by atoms with Crippen molar-refractivity contribution >= 4 is 27.5 Å². The van der Waals surface area contributed by atoms with Crippen molar-refractivity contribution in [3.8, 4) is 5.75 Å². The van der Waals surface area contributed by atoms with Gasteiger partial charge in [-0.2, -0.15) is 0 Å². The van der Waals surface area contributed by atoms with E-state index < -0.39 is 9.84 Å². The molecule has 1 aliphatic rings. The van der Waals surface area contributed by atoms with Crippen LogP contribution in [-0.2, 0) is 14.6 Å². The van der Waals surface area contributed by atoms with Crippen LogP contribution in [0.4, 0.5) is 4.39 Å². The van der Waals surface area contributed by atoms with E-state index in [1.54, 1.807) is 12.1 Å². The van der Waals surface area contributed by atoms with E-state index in [-0.39, 0.29) is 40.8 Å². The van der Waals surface area contributed by atoms with Crippen molar-refractivity contribution in [3.63, 3.8) is 0 Å². The molecule has 1 N–H and O–H groups in total. The van der Waals surface area contributed by atoms with Crippen molar-refractivity contribution in [2.75, 3.05) is 30.4 Å². The smallest absolute Gasteiger partial charge is 0.230 e. The van der Waals surface area contributed by atoms with Gasteiger partial charge >= 0.3 is 0 Å². The molecule has 1 atom stereocenters. The molecule has 0 radical (unpaired) electrons. The Morgan fingerprint density at radius 2 is 2.27 bits per heavy atom. The number of amides is 1. The fourth-order valence-corrected chi connectivity index (χ4v) is 5.53. The third kappa shape index (κ3) is 5.84. The minimum atomic E-state index is -2.90. The van der Waals surface area contributed by atoms with Crippen LogP contribution in [0, 0.1) is 5.82 Å². The number of sulfone groups is 1. The molecule has 1 fully saturated rings. The Morgan fingerprint density at radius 1 is 1.45 bits per heavy atom. The number of benzene rings is 1. The van der Waals surface area contributed by atoms with Crippen LogP contribution in [0.5, 0.6) is 5.75 Å². The van der Waals surface area contributed by atoms with E-state index >= 15 is 0 Å². The van der Waals surface area contributed by atoms with Crippen LogP contribution in [-0.4, -0.2) is 50.0 Å². The van der Waals surface area contributed by atoms with Crippen molar-refractivity contribution in [2.24, 2.45) is 0 Å². The maximum atomic E-state index is 12.9. The van der Waals surface area contributed by atoms with Crippen LogP contribution in [0.1, 0.15) is 6.42 Å². The highest BCUT2D eigenvalue weighted by Crippen LogP contribution is 2.23. The van der Waals surface area contributed by atoms with E-state index in [0.717, 1.165) is 0 Å². The largest absolute Gasteiger partial charge is 0.492 e. The summed E-state index contributed by atoms with van der Waals surface area (Å²) in [6, 6.07) is 5.80. The van der Waals surface area contributed by atoms with Gasteiger partial charge in [0.15, 0.2) is 9.84 Å². The molecule has 2 rings (SSSR count). The highest BCUT2D eigenvalue weighted by atomic mass is 32.2. The van der Waals surface area contributed by atoms with Crippen LogP contribution in [0.25, 0.3) is 0 Å². The van der Waals surface area contributed by atoms with E-state index in [2.05, 4.69) is 5.32 Å². The average Bonchev–Trinajstić information content (AvgIpc) is 2.81. The molecule has 0 saturated carbocycles. The molecular formula is C14H18FNO4S2. The zero-order chi connectivity index (χ0) is 16.0. The fourth-order valence-electron chi connectivity index (χ4n) is 2.05. The number of ether oxygens (including phenoxy) is 1. The van der Waals surface area contributed by atoms with Gasteiger partial charge in [-0.05, 0) is 18.6 Å². The Hall–Kier alpha value is -1.28. The summed E-state index contributed by atoms with van der Waals surface area (Å²) in [4.78, 5) is 11.6. The standard InChI is InChI=1S/C14H18FNO4S2/c15-11-2-1-3-12(8-11)20-6-5-16-14(17)9-21-13-4-7-22(18,19)10-13/h1-3,8,13H,4-7,9-10H2,(H,16,17). The number of hydrogen-bond donors (Lipinski definition) is 1. The maximum Gasteiger partial charge on any atom is 0.230 e. The van der Waals surface area contributed by atoms with Gasteiger partial charge in [-0.3, -0.25) is 4.79 Å². The lowest BCUT2D eigenvalue weighted by Crippen LogP contribution is -2.30. The summed E-state index contributed by atoms with van der Waals surface area (Å²) in [7, 11) is -2.90. The van der Waals surface area contributed by atoms with E-state index in [1.165, 1.54) is 23.9 Å². The molecule has 1 aromatic carbocycles. The molecule has 1 amide bonds. The van der Waals surface area contributed by atoms with Gasteiger partial charge in [0, 0.05) is 11.3 Å². The van der Waals surface area contributed by atoms with Crippen LogP contribution >= 0.6 is 11.8 Å². The Kier molecular flexibility index (Phi) is 6.07. The molecule has 1 unspecified atom stereocenters. The first-order chi connectivity index (χ1) is 10.4. The van der Waals surface area contributed by atoms with Gasteiger partial charge in [0.2, 0.25) is 5.91 Å². The monoisotopic (exact) mass is 347 g/mol. The number of rotatable bonds is 7. The van der Waals surface area contributed by atoms with E-state index in [0.29, 0.717) is 18.7 Å². The SMILES string of the molecule is O=C(CSC1CCS(=O)(=O)C1)NCCOc1cccc(F)c1. The Morgan fingerprint density at radius 3 is 2.95 bits per heavy atom. The van der Waals surface area contributed by atoms with Crippen LogP contribution in [0.2, 0.25) is 0 Å². The van der Waals surface area contributed by atoms with E-state index in [1.807, 2.05) is 0 Å². The second kappa shape index (κ2) is 7.82.